The van der Waals surface area contributed by atoms with Gasteiger partial charge in [0.15, 0.2) is 0 Å². The molecule has 96 valence electrons. The van der Waals surface area contributed by atoms with Crippen LogP contribution >= 0.6 is 27.7 Å². The summed E-state index contributed by atoms with van der Waals surface area (Å²) in [5, 5.41) is 3.41. The van der Waals surface area contributed by atoms with Crippen LogP contribution in [-0.2, 0) is 4.74 Å². The maximum absolute atomic E-state index is 5.05. The van der Waals surface area contributed by atoms with E-state index in [4.69, 9.17) is 4.74 Å². The number of thioether (sulfide) groups is 1. The average Bonchev–Trinajstić information content (AvgIpc) is 2.31. The van der Waals surface area contributed by atoms with Gasteiger partial charge < -0.3 is 10.1 Å². The molecule has 0 heterocycles. The Morgan fingerprint density at radius 3 is 2.82 bits per heavy atom. The minimum Gasteiger partial charge on any atom is -0.384 e. The molecule has 0 aromatic heterocycles. The Morgan fingerprint density at radius 2 is 2.24 bits per heavy atom. The van der Waals surface area contributed by atoms with Crippen LogP contribution in [-0.4, -0.2) is 26.0 Å². The van der Waals surface area contributed by atoms with Gasteiger partial charge in [-0.05, 0) is 47.1 Å². The van der Waals surface area contributed by atoms with Gasteiger partial charge in [0.05, 0.1) is 6.61 Å². The van der Waals surface area contributed by atoms with E-state index in [0.29, 0.717) is 6.04 Å². The highest BCUT2D eigenvalue weighted by molar-refractivity contribution is 9.10. The summed E-state index contributed by atoms with van der Waals surface area (Å²) in [5.74, 6) is 0.983. The molecule has 0 bridgehead atoms. The van der Waals surface area contributed by atoms with Crippen LogP contribution in [0.5, 0.6) is 0 Å². The molecule has 1 aromatic carbocycles. The third-order valence-electron chi connectivity index (χ3n) is 2.51. The van der Waals surface area contributed by atoms with Gasteiger partial charge in [-0.3, -0.25) is 0 Å². The molecule has 0 aliphatic heterocycles. The number of hydrogen-bond acceptors (Lipinski definition) is 3. The van der Waals surface area contributed by atoms with Crippen molar-refractivity contribution in [3.63, 3.8) is 0 Å². The highest BCUT2D eigenvalue weighted by Gasteiger charge is 2.07. The highest BCUT2D eigenvalue weighted by atomic mass is 79.9. The summed E-state index contributed by atoms with van der Waals surface area (Å²) >= 11 is 5.44. The first kappa shape index (κ1) is 15.0. The molecule has 1 atom stereocenters. The minimum absolute atomic E-state index is 0.398. The summed E-state index contributed by atoms with van der Waals surface area (Å²) in [7, 11) is 1.73. The summed E-state index contributed by atoms with van der Waals surface area (Å²) in [4.78, 5) is 1.27. The average molecular weight is 318 g/mol. The van der Waals surface area contributed by atoms with Gasteiger partial charge in [0.25, 0.3) is 0 Å². The Balaban J connectivity index is 2.65. The highest BCUT2D eigenvalue weighted by Crippen LogP contribution is 2.30. The van der Waals surface area contributed by atoms with Crippen molar-refractivity contribution in [3.8, 4) is 0 Å². The largest absolute Gasteiger partial charge is 0.384 e. The second-order valence-corrected chi connectivity index (χ2v) is 5.80. The number of rotatable bonds is 7. The van der Waals surface area contributed by atoms with Gasteiger partial charge in [0.1, 0.15) is 0 Å². The zero-order valence-electron chi connectivity index (χ0n) is 10.6. The summed E-state index contributed by atoms with van der Waals surface area (Å²) in [5.41, 5.74) is 1.31. The number of nitrogens with one attached hydrogen (secondary N) is 1. The van der Waals surface area contributed by atoms with E-state index < -0.39 is 0 Å². The third-order valence-corrected chi connectivity index (χ3v) is 4.47. The van der Waals surface area contributed by atoms with Gasteiger partial charge in [-0.1, -0.05) is 13.0 Å². The van der Waals surface area contributed by atoms with Crippen molar-refractivity contribution in [2.45, 2.75) is 24.8 Å². The monoisotopic (exact) mass is 317 g/mol. The van der Waals surface area contributed by atoms with Gasteiger partial charge in [0.2, 0.25) is 0 Å². The van der Waals surface area contributed by atoms with Gasteiger partial charge in [-0.2, -0.15) is 0 Å². The van der Waals surface area contributed by atoms with Crippen molar-refractivity contribution in [1.29, 1.82) is 0 Å². The molecule has 1 rings (SSSR count). The predicted octanol–water partition coefficient (Wildman–Crippen LogP) is 3.86. The van der Waals surface area contributed by atoms with Crippen molar-refractivity contribution in [3.05, 3.63) is 28.2 Å². The minimum atomic E-state index is 0.398. The normalized spacial score (nSPS) is 12.7. The van der Waals surface area contributed by atoms with Gasteiger partial charge in [0, 0.05) is 28.3 Å². The van der Waals surface area contributed by atoms with Crippen molar-refractivity contribution < 1.29 is 4.74 Å². The van der Waals surface area contributed by atoms with Gasteiger partial charge in [-0.15, -0.1) is 11.8 Å². The number of ether oxygens (including phenoxy) is 1. The lowest BCUT2D eigenvalue weighted by Crippen LogP contribution is -2.17. The molecule has 0 amide bonds. The number of benzene rings is 1. The van der Waals surface area contributed by atoms with Crippen LogP contribution < -0.4 is 5.32 Å². The fraction of sp³-hybridized carbons (Fsp3) is 0.538. The Labute approximate surface area is 117 Å². The topological polar surface area (TPSA) is 21.3 Å². The number of hydrogen-bond donors (Lipinski definition) is 1. The fourth-order valence-corrected chi connectivity index (χ4v) is 3.13. The van der Waals surface area contributed by atoms with E-state index in [2.05, 4.69) is 53.3 Å². The van der Waals surface area contributed by atoms with Crippen LogP contribution in [0, 0.1) is 0 Å². The standard InChI is InChI=1S/C13H20BrNOS/c1-4-15-10(2)11-5-6-13(12(14)9-11)17-8-7-16-3/h5-6,9-10,15H,4,7-8H2,1-3H3. The van der Waals surface area contributed by atoms with E-state index >= 15 is 0 Å². The lowest BCUT2D eigenvalue weighted by Gasteiger charge is -2.14. The van der Waals surface area contributed by atoms with E-state index in [-0.39, 0.29) is 0 Å². The zero-order valence-corrected chi connectivity index (χ0v) is 13.0. The van der Waals surface area contributed by atoms with Crippen molar-refractivity contribution in [2.24, 2.45) is 0 Å². The smallest absolute Gasteiger partial charge is 0.0556 e. The molecule has 2 nitrogen and oxygen atoms in total. The zero-order chi connectivity index (χ0) is 12.7. The first-order chi connectivity index (χ1) is 8.19. The molecule has 4 heteroatoms. The molecule has 1 aromatic rings. The van der Waals surface area contributed by atoms with E-state index in [1.807, 2.05) is 11.8 Å². The molecule has 1 N–H and O–H groups in total. The summed E-state index contributed by atoms with van der Waals surface area (Å²) in [6.45, 7) is 6.08. The maximum Gasteiger partial charge on any atom is 0.0556 e. The lowest BCUT2D eigenvalue weighted by atomic mass is 10.1. The molecule has 0 saturated heterocycles. The van der Waals surface area contributed by atoms with Crippen LogP contribution in [0.25, 0.3) is 0 Å². The Morgan fingerprint density at radius 1 is 1.47 bits per heavy atom. The van der Waals surface area contributed by atoms with Gasteiger partial charge in [-0.25, -0.2) is 0 Å². The maximum atomic E-state index is 5.05. The molecule has 1 unspecified atom stereocenters. The summed E-state index contributed by atoms with van der Waals surface area (Å²) < 4.78 is 6.22. The van der Waals surface area contributed by atoms with E-state index in [1.165, 1.54) is 14.9 Å². The molecule has 17 heavy (non-hydrogen) atoms. The summed E-state index contributed by atoms with van der Waals surface area (Å²) in [6, 6.07) is 6.96. The van der Waals surface area contributed by atoms with E-state index in [0.717, 1.165) is 18.9 Å². The first-order valence-corrected chi connectivity index (χ1v) is 7.61. The molecule has 0 fully saturated rings. The molecule has 0 aliphatic carbocycles. The molecular formula is C13H20BrNOS. The lowest BCUT2D eigenvalue weighted by molar-refractivity contribution is 0.218. The van der Waals surface area contributed by atoms with Crippen LogP contribution in [0.3, 0.4) is 0 Å². The molecule has 0 saturated carbocycles. The molecule has 0 radical (unpaired) electrons. The molecule has 0 spiro atoms. The van der Waals surface area contributed by atoms with Crippen LogP contribution in [0.1, 0.15) is 25.5 Å². The Bertz CT molecular complexity index is 346. The first-order valence-electron chi connectivity index (χ1n) is 5.83. The fourth-order valence-electron chi connectivity index (χ4n) is 1.56. The molecule has 0 aliphatic rings. The van der Waals surface area contributed by atoms with Crippen molar-refractivity contribution in [1.82, 2.24) is 5.32 Å². The Hall–Kier alpha value is -0.0300. The number of methoxy groups -OCH3 is 1. The predicted molar refractivity (Wildman–Crippen MR) is 78.8 cm³/mol. The number of halogens is 1. The van der Waals surface area contributed by atoms with Crippen LogP contribution in [0.2, 0.25) is 0 Å². The second kappa shape index (κ2) is 8.14. The molecular weight excluding hydrogens is 298 g/mol. The van der Waals surface area contributed by atoms with Gasteiger partial charge >= 0.3 is 0 Å². The summed E-state index contributed by atoms with van der Waals surface area (Å²) in [6.07, 6.45) is 0. The van der Waals surface area contributed by atoms with Crippen LogP contribution in [0.4, 0.5) is 0 Å². The van der Waals surface area contributed by atoms with E-state index in [9.17, 15) is 0 Å². The SMILES string of the molecule is CCNC(C)c1ccc(SCCOC)c(Br)c1. The Kier molecular flexibility index (Phi) is 7.19. The van der Waals surface area contributed by atoms with Crippen LogP contribution in [0.15, 0.2) is 27.6 Å². The van der Waals surface area contributed by atoms with E-state index in [1.54, 1.807) is 7.11 Å². The quantitative estimate of drug-likeness (QED) is 0.609. The second-order valence-electron chi connectivity index (χ2n) is 3.81. The van der Waals surface area contributed by atoms with Crippen molar-refractivity contribution in [2.75, 3.05) is 26.0 Å². The van der Waals surface area contributed by atoms with Crippen molar-refractivity contribution >= 4 is 27.7 Å². The third kappa shape index (κ3) is 5.00.